The molecule has 0 heterocycles. The van der Waals surface area contributed by atoms with E-state index in [1.165, 1.54) is 25.6 Å². The number of carbonyl (C=O) groups is 3. The van der Waals surface area contributed by atoms with Crippen LogP contribution < -0.4 is 10.6 Å². The van der Waals surface area contributed by atoms with Crippen molar-refractivity contribution in [3.63, 3.8) is 0 Å². The Hall–Kier alpha value is -2.60. The molecule has 1 atom stereocenters. The Labute approximate surface area is 151 Å². The number of hydrogen-bond acceptors (Lipinski definition) is 4. The van der Waals surface area contributed by atoms with Crippen LogP contribution in [0, 0.1) is 0 Å². The first-order chi connectivity index (χ1) is 11.8. The third-order valence-corrected chi connectivity index (χ3v) is 4.51. The molecule has 0 aliphatic carbocycles. The fraction of sp³-hybridized carbons (Fsp3) is 0.211. The lowest BCUT2D eigenvalue weighted by atomic mass is 10.1. The zero-order chi connectivity index (χ0) is 18.4. The van der Waals surface area contributed by atoms with Crippen LogP contribution in [-0.2, 0) is 9.59 Å². The summed E-state index contributed by atoms with van der Waals surface area (Å²) in [5.74, 6) is -0.310. The van der Waals surface area contributed by atoms with Crippen LogP contribution in [0.25, 0.3) is 0 Å². The van der Waals surface area contributed by atoms with Crippen LogP contribution in [0.2, 0.25) is 0 Å². The Morgan fingerprint density at radius 2 is 1.60 bits per heavy atom. The number of ketones is 1. The molecular formula is C19H20N2O3S. The maximum Gasteiger partial charge on any atom is 0.237 e. The van der Waals surface area contributed by atoms with Gasteiger partial charge < -0.3 is 10.6 Å². The summed E-state index contributed by atoms with van der Waals surface area (Å²) < 4.78 is 0. The molecule has 2 aromatic carbocycles. The van der Waals surface area contributed by atoms with Gasteiger partial charge in [-0.3, -0.25) is 14.4 Å². The second kappa shape index (κ2) is 8.48. The van der Waals surface area contributed by atoms with Crippen molar-refractivity contribution in [2.45, 2.75) is 30.9 Å². The lowest BCUT2D eigenvalue weighted by Gasteiger charge is -2.13. The summed E-state index contributed by atoms with van der Waals surface area (Å²) in [4.78, 5) is 35.7. The van der Waals surface area contributed by atoms with Crippen molar-refractivity contribution in [1.82, 2.24) is 0 Å². The Morgan fingerprint density at radius 3 is 2.20 bits per heavy atom. The number of nitrogens with one attached hydrogen (secondary N) is 2. The van der Waals surface area contributed by atoms with Gasteiger partial charge in [0.25, 0.3) is 0 Å². The first-order valence-electron chi connectivity index (χ1n) is 7.81. The van der Waals surface area contributed by atoms with Gasteiger partial charge in [-0.2, -0.15) is 0 Å². The molecule has 0 saturated carbocycles. The third-order valence-electron chi connectivity index (χ3n) is 3.39. The highest BCUT2D eigenvalue weighted by atomic mass is 32.2. The van der Waals surface area contributed by atoms with Crippen LogP contribution in [0.15, 0.2) is 53.4 Å². The van der Waals surface area contributed by atoms with E-state index in [4.69, 9.17) is 0 Å². The van der Waals surface area contributed by atoms with Gasteiger partial charge in [0, 0.05) is 28.8 Å². The number of benzene rings is 2. The molecule has 0 aliphatic rings. The van der Waals surface area contributed by atoms with Crippen molar-refractivity contribution in [3.8, 4) is 0 Å². The number of Topliss-reactive ketones (excluding diaryl/α,β-unsaturated/α-hetero) is 1. The number of amides is 2. The van der Waals surface area contributed by atoms with Crippen LogP contribution in [0.5, 0.6) is 0 Å². The van der Waals surface area contributed by atoms with Crippen molar-refractivity contribution in [1.29, 1.82) is 0 Å². The fourth-order valence-electron chi connectivity index (χ4n) is 2.14. The van der Waals surface area contributed by atoms with Crippen LogP contribution in [0.3, 0.4) is 0 Å². The third kappa shape index (κ3) is 5.76. The molecule has 2 amide bonds. The van der Waals surface area contributed by atoms with Crippen LogP contribution >= 0.6 is 11.8 Å². The van der Waals surface area contributed by atoms with Gasteiger partial charge in [0.15, 0.2) is 5.78 Å². The molecule has 0 radical (unpaired) electrons. The van der Waals surface area contributed by atoms with E-state index < -0.39 is 0 Å². The first kappa shape index (κ1) is 18.7. The zero-order valence-electron chi connectivity index (χ0n) is 14.3. The summed E-state index contributed by atoms with van der Waals surface area (Å²) >= 11 is 1.42. The van der Waals surface area contributed by atoms with Gasteiger partial charge in [-0.05, 0) is 50.2 Å². The quantitative estimate of drug-likeness (QED) is 0.607. The van der Waals surface area contributed by atoms with E-state index in [0.717, 1.165) is 10.6 Å². The van der Waals surface area contributed by atoms with Gasteiger partial charge in [-0.25, -0.2) is 0 Å². The molecule has 0 saturated heterocycles. The summed E-state index contributed by atoms with van der Waals surface area (Å²) in [6.45, 7) is 4.76. The predicted octanol–water partition coefficient (Wildman–Crippen LogP) is 3.97. The standard InChI is InChI=1S/C19H20N2O3S/c1-12(22)15-5-4-6-17(11-15)21-19(24)13(2)25-18-9-7-16(8-10-18)20-14(3)23/h4-11,13H,1-3H3,(H,20,23)(H,21,24). The maximum atomic E-state index is 12.3. The lowest BCUT2D eigenvalue weighted by Crippen LogP contribution is -2.22. The number of hydrogen-bond donors (Lipinski definition) is 2. The van der Waals surface area contributed by atoms with Crippen molar-refractivity contribution < 1.29 is 14.4 Å². The van der Waals surface area contributed by atoms with E-state index in [2.05, 4.69) is 10.6 Å². The normalized spacial score (nSPS) is 11.5. The Bertz CT molecular complexity index is 788. The average Bonchev–Trinajstić information content (AvgIpc) is 2.56. The molecule has 130 valence electrons. The van der Waals surface area contributed by atoms with Crippen molar-refractivity contribution in [2.75, 3.05) is 10.6 Å². The summed E-state index contributed by atoms with van der Waals surface area (Å²) in [6.07, 6.45) is 0. The Kier molecular flexibility index (Phi) is 6.36. The summed E-state index contributed by atoms with van der Waals surface area (Å²) in [6, 6.07) is 14.2. The van der Waals surface area contributed by atoms with E-state index in [9.17, 15) is 14.4 Å². The SMILES string of the molecule is CC(=O)Nc1ccc(SC(C)C(=O)Nc2cccc(C(C)=O)c2)cc1. The monoisotopic (exact) mass is 356 g/mol. The number of thioether (sulfide) groups is 1. The van der Waals surface area contributed by atoms with E-state index in [0.29, 0.717) is 11.3 Å². The molecule has 25 heavy (non-hydrogen) atoms. The Morgan fingerprint density at radius 1 is 0.920 bits per heavy atom. The highest BCUT2D eigenvalue weighted by Gasteiger charge is 2.15. The molecule has 6 heteroatoms. The topological polar surface area (TPSA) is 75.3 Å². The van der Waals surface area contributed by atoms with E-state index >= 15 is 0 Å². The molecule has 2 rings (SSSR count). The molecule has 1 unspecified atom stereocenters. The van der Waals surface area contributed by atoms with Crippen molar-refractivity contribution in [3.05, 3.63) is 54.1 Å². The van der Waals surface area contributed by atoms with Crippen LogP contribution in [-0.4, -0.2) is 22.8 Å². The van der Waals surface area contributed by atoms with E-state index in [1.54, 1.807) is 36.4 Å². The van der Waals surface area contributed by atoms with Crippen molar-refractivity contribution in [2.24, 2.45) is 0 Å². The molecular weight excluding hydrogens is 336 g/mol. The van der Waals surface area contributed by atoms with Gasteiger partial charge in [0.05, 0.1) is 5.25 Å². The molecule has 0 aromatic heterocycles. The average molecular weight is 356 g/mol. The van der Waals surface area contributed by atoms with Gasteiger partial charge in [0.2, 0.25) is 11.8 Å². The minimum atomic E-state index is -0.312. The molecule has 2 N–H and O–H groups in total. The van der Waals surface area contributed by atoms with E-state index in [1.807, 2.05) is 19.1 Å². The largest absolute Gasteiger partial charge is 0.326 e. The summed E-state index contributed by atoms with van der Waals surface area (Å²) in [5, 5.41) is 5.21. The molecule has 0 fully saturated rings. The minimum Gasteiger partial charge on any atom is -0.326 e. The van der Waals surface area contributed by atoms with Crippen molar-refractivity contribution >= 4 is 40.7 Å². The molecule has 0 aliphatic heterocycles. The number of anilines is 2. The Balaban J connectivity index is 1.97. The van der Waals surface area contributed by atoms with Gasteiger partial charge in [-0.15, -0.1) is 11.8 Å². The maximum absolute atomic E-state index is 12.3. The van der Waals surface area contributed by atoms with Crippen LogP contribution in [0.4, 0.5) is 11.4 Å². The highest BCUT2D eigenvalue weighted by molar-refractivity contribution is 8.00. The smallest absolute Gasteiger partial charge is 0.237 e. The number of carbonyl (C=O) groups excluding carboxylic acids is 3. The second-order valence-electron chi connectivity index (χ2n) is 5.59. The fourth-order valence-corrected chi connectivity index (χ4v) is 3.01. The summed E-state index contributed by atoms with van der Waals surface area (Å²) in [5.41, 5.74) is 1.88. The second-order valence-corrected chi connectivity index (χ2v) is 7.01. The van der Waals surface area contributed by atoms with Gasteiger partial charge in [0.1, 0.15) is 0 Å². The molecule has 5 nitrogen and oxygen atoms in total. The van der Waals surface area contributed by atoms with Gasteiger partial charge >= 0.3 is 0 Å². The first-order valence-corrected chi connectivity index (χ1v) is 8.69. The molecule has 0 bridgehead atoms. The van der Waals surface area contributed by atoms with E-state index in [-0.39, 0.29) is 22.8 Å². The lowest BCUT2D eigenvalue weighted by molar-refractivity contribution is -0.115. The van der Waals surface area contributed by atoms with Gasteiger partial charge in [-0.1, -0.05) is 12.1 Å². The number of rotatable bonds is 6. The summed E-state index contributed by atoms with van der Waals surface area (Å²) in [7, 11) is 0. The highest BCUT2D eigenvalue weighted by Crippen LogP contribution is 2.25. The predicted molar refractivity (Wildman–Crippen MR) is 101 cm³/mol. The molecule has 0 spiro atoms. The molecule has 2 aromatic rings. The zero-order valence-corrected chi connectivity index (χ0v) is 15.1. The minimum absolute atomic E-state index is 0.0437. The van der Waals surface area contributed by atoms with Crippen LogP contribution in [0.1, 0.15) is 31.1 Å².